The lowest BCUT2D eigenvalue weighted by Crippen LogP contribution is -2.32. The number of hydrazone groups is 1. The molecular formula is C28H28N4O2. The number of nitrogens with zero attached hydrogens (tertiary/aromatic N) is 2. The summed E-state index contributed by atoms with van der Waals surface area (Å²) in [6.07, 6.45) is 5.14. The van der Waals surface area contributed by atoms with Crippen LogP contribution in [0.2, 0.25) is 0 Å². The van der Waals surface area contributed by atoms with Crippen molar-refractivity contribution in [3.63, 3.8) is 0 Å². The molecule has 6 nitrogen and oxygen atoms in total. The van der Waals surface area contributed by atoms with Gasteiger partial charge in [-0.1, -0.05) is 66.7 Å². The molecule has 0 radical (unpaired) electrons. The highest BCUT2D eigenvalue weighted by atomic mass is 16.2. The van der Waals surface area contributed by atoms with Gasteiger partial charge in [-0.3, -0.25) is 9.59 Å². The van der Waals surface area contributed by atoms with E-state index in [4.69, 9.17) is 0 Å². The first kappa shape index (κ1) is 24.2. The van der Waals surface area contributed by atoms with Gasteiger partial charge >= 0.3 is 0 Å². The Hall–Kier alpha value is -4.45. The van der Waals surface area contributed by atoms with Crippen molar-refractivity contribution < 1.29 is 9.59 Å². The highest BCUT2D eigenvalue weighted by Gasteiger charge is 2.14. The van der Waals surface area contributed by atoms with Crippen molar-refractivity contribution in [2.45, 2.75) is 6.92 Å². The van der Waals surface area contributed by atoms with Gasteiger partial charge in [0.05, 0.1) is 6.21 Å². The molecule has 0 saturated carbocycles. The maximum Gasteiger partial charge on any atom is 0.287 e. The molecule has 0 aliphatic carbocycles. The van der Waals surface area contributed by atoms with E-state index >= 15 is 0 Å². The van der Waals surface area contributed by atoms with Crippen molar-refractivity contribution in [3.8, 4) is 0 Å². The van der Waals surface area contributed by atoms with Crippen molar-refractivity contribution >= 4 is 35.9 Å². The van der Waals surface area contributed by atoms with Gasteiger partial charge in [0, 0.05) is 25.3 Å². The van der Waals surface area contributed by atoms with Crippen LogP contribution in [0.15, 0.2) is 101 Å². The van der Waals surface area contributed by atoms with Crippen molar-refractivity contribution in [2.75, 3.05) is 19.0 Å². The number of benzene rings is 3. The van der Waals surface area contributed by atoms with Gasteiger partial charge in [-0.25, -0.2) is 5.43 Å². The fourth-order valence-corrected chi connectivity index (χ4v) is 3.08. The van der Waals surface area contributed by atoms with Crippen molar-refractivity contribution in [3.05, 3.63) is 113 Å². The second-order valence-corrected chi connectivity index (χ2v) is 7.86. The highest BCUT2D eigenvalue weighted by molar-refractivity contribution is 6.05. The van der Waals surface area contributed by atoms with Crippen LogP contribution in [-0.2, 0) is 4.79 Å². The molecule has 0 aliphatic heterocycles. The van der Waals surface area contributed by atoms with E-state index in [2.05, 4.69) is 15.8 Å². The Kier molecular flexibility index (Phi) is 8.52. The van der Waals surface area contributed by atoms with E-state index < -0.39 is 5.91 Å². The molecule has 0 atom stereocenters. The maximum absolute atomic E-state index is 12.9. The molecule has 0 saturated heterocycles. The van der Waals surface area contributed by atoms with Gasteiger partial charge in [-0.15, -0.1) is 0 Å². The summed E-state index contributed by atoms with van der Waals surface area (Å²) in [5.74, 6) is -0.902. The number of carbonyl (C=O) groups is 2. The minimum absolute atomic E-state index is 0.0910. The molecule has 2 N–H and O–H groups in total. The molecule has 0 unspecified atom stereocenters. The topological polar surface area (TPSA) is 73.8 Å². The Morgan fingerprint density at radius 3 is 2.00 bits per heavy atom. The van der Waals surface area contributed by atoms with E-state index in [9.17, 15) is 9.59 Å². The number of anilines is 1. The molecule has 0 spiro atoms. The molecule has 0 aromatic heterocycles. The number of amides is 2. The maximum atomic E-state index is 12.9. The average molecular weight is 453 g/mol. The lowest BCUT2D eigenvalue weighted by Gasteiger charge is -2.12. The number of rotatable bonds is 8. The fourth-order valence-electron chi connectivity index (χ4n) is 3.08. The minimum Gasteiger partial charge on any atom is -0.378 e. The Balaban J connectivity index is 1.78. The summed E-state index contributed by atoms with van der Waals surface area (Å²) in [5, 5.41) is 6.76. The summed E-state index contributed by atoms with van der Waals surface area (Å²) < 4.78 is 0. The van der Waals surface area contributed by atoms with Gasteiger partial charge < -0.3 is 10.2 Å². The Labute approximate surface area is 200 Å². The van der Waals surface area contributed by atoms with Crippen molar-refractivity contribution in [2.24, 2.45) is 5.10 Å². The zero-order chi connectivity index (χ0) is 24.3. The molecule has 0 heterocycles. The van der Waals surface area contributed by atoms with Crippen LogP contribution in [-0.4, -0.2) is 32.1 Å². The summed E-state index contributed by atoms with van der Waals surface area (Å²) in [7, 11) is 3.91. The number of allylic oxidation sites excluding steroid dienone is 1. The van der Waals surface area contributed by atoms with Crippen LogP contribution < -0.4 is 15.6 Å². The molecule has 0 bridgehead atoms. The average Bonchev–Trinajstić information content (AvgIpc) is 2.85. The van der Waals surface area contributed by atoms with Crippen LogP contribution >= 0.6 is 0 Å². The highest BCUT2D eigenvalue weighted by Crippen LogP contribution is 2.14. The van der Waals surface area contributed by atoms with E-state index in [1.807, 2.05) is 92.7 Å². The van der Waals surface area contributed by atoms with E-state index in [1.54, 1.807) is 36.6 Å². The van der Waals surface area contributed by atoms with Crippen LogP contribution in [0.4, 0.5) is 5.69 Å². The molecule has 172 valence electrons. The lowest BCUT2D eigenvalue weighted by molar-refractivity contribution is -0.117. The standard InChI is InChI=1S/C28H28N4O2/c1-21(18-22-10-6-4-7-11-22)20-29-31-28(34)26(30-27(33)24-12-8-5-9-13-24)19-23-14-16-25(17-15-23)32(2)3/h4-20H,1-3H3,(H,30,33)(H,31,34)/b21-18+,26-19+,29-20+. The lowest BCUT2D eigenvalue weighted by atomic mass is 10.1. The van der Waals surface area contributed by atoms with Gasteiger partial charge in [-0.2, -0.15) is 5.10 Å². The Morgan fingerprint density at radius 1 is 0.794 bits per heavy atom. The van der Waals surface area contributed by atoms with E-state index in [0.29, 0.717) is 5.56 Å². The third-order valence-corrected chi connectivity index (χ3v) is 4.88. The van der Waals surface area contributed by atoms with E-state index in [0.717, 1.165) is 22.4 Å². The number of hydrogen-bond acceptors (Lipinski definition) is 4. The molecular weight excluding hydrogens is 424 g/mol. The largest absolute Gasteiger partial charge is 0.378 e. The van der Waals surface area contributed by atoms with Gasteiger partial charge in [-0.05, 0) is 54.0 Å². The van der Waals surface area contributed by atoms with Gasteiger partial charge in [0.25, 0.3) is 11.8 Å². The van der Waals surface area contributed by atoms with Crippen molar-refractivity contribution in [1.29, 1.82) is 0 Å². The molecule has 0 fully saturated rings. The minimum atomic E-state index is -0.523. The molecule has 6 heteroatoms. The van der Waals surface area contributed by atoms with E-state index in [-0.39, 0.29) is 11.6 Å². The second-order valence-electron chi connectivity index (χ2n) is 7.86. The molecule has 34 heavy (non-hydrogen) atoms. The van der Waals surface area contributed by atoms with Crippen LogP contribution in [0, 0.1) is 0 Å². The first-order valence-corrected chi connectivity index (χ1v) is 10.8. The van der Waals surface area contributed by atoms with Gasteiger partial charge in [0.2, 0.25) is 0 Å². The number of carbonyl (C=O) groups excluding carboxylic acids is 2. The molecule has 2 amide bonds. The zero-order valence-electron chi connectivity index (χ0n) is 19.5. The second kappa shape index (κ2) is 12.0. The quantitative estimate of drug-likeness (QED) is 0.295. The molecule has 3 aromatic carbocycles. The Bertz CT molecular complexity index is 1200. The summed E-state index contributed by atoms with van der Waals surface area (Å²) in [5.41, 5.74) is 6.75. The predicted octanol–water partition coefficient (Wildman–Crippen LogP) is 4.73. The van der Waals surface area contributed by atoms with Crippen LogP contribution in [0.25, 0.3) is 12.2 Å². The van der Waals surface area contributed by atoms with E-state index in [1.165, 1.54) is 0 Å². The summed E-state index contributed by atoms with van der Waals surface area (Å²) >= 11 is 0. The first-order chi connectivity index (χ1) is 16.4. The SMILES string of the molecule is CC(/C=N/NC(=O)/C(=C\c1ccc(N(C)C)cc1)NC(=O)c1ccccc1)=C\c1ccccc1. The smallest absolute Gasteiger partial charge is 0.287 e. The Morgan fingerprint density at radius 2 is 1.38 bits per heavy atom. The van der Waals surface area contributed by atoms with Gasteiger partial charge in [0.1, 0.15) is 5.70 Å². The normalized spacial score (nSPS) is 11.9. The van der Waals surface area contributed by atoms with Crippen LogP contribution in [0.1, 0.15) is 28.4 Å². The van der Waals surface area contributed by atoms with Crippen molar-refractivity contribution in [1.82, 2.24) is 10.7 Å². The number of hydrogen-bond donors (Lipinski definition) is 2. The molecule has 3 rings (SSSR count). The monoisotopic (exact) mass is 452 g/mol. The molecule has 0 aliphatic rings. The van der Waals surface area contributed by atoms with Crippen LogP contribution in [0.5, 0.6) is 0 Å². The number of nitrogens with one attached hydrogen (secondary N) is 2. The summed E-state index contributed by atoms with van der Waals surface area (Å²) in [6.45, 7) is 1.89. The van der Waals surface area contributed by atoms with Gasteiger partial charge in [0.15, 0.2) is 0 Å². The fraction of sp³-hybridized carbons (Fsp3) is 0.107. The third kappa shape index (κ3) is 7.31. The van der Waals surface area contributed by atoms with Crippen LogP contribution in [0.3, 0.4) is 0 Å². The molecule has 3 aromatic rings. The first-order valence-electron chi connectivity index (χ1n) is 10.8. The predicted molar refractivity (Wildman–Crippen MR) is 139 cm³/mol. The zero-order valence-corrected chi connectivity index (χ0v) is 19.5. The summed E-state index contributed by atoms with van der Waals surface area (Å²) in [6, 6.07) is 26.2. The third-order valence-electron chi connectivity index (χ3n) is 4.88. The summed E-state index contributed by atoms with van der Waals surface area (Å²) in [4.78, 5) is 27.6.